The summed E-state index contributed by atoms with van der Waals surface area (Å²) in [5, 5.41) is 11.6. The zero-order valence-electron chi connectivity index (χ0n) is 18.3. The van der Waals surface area contributed by atoms with Crippen molar-refractivity contribution < 1.29 is 38.5 Å². The summed E-state index contributed by atoms with van der Waals surface area (Å²) in [6, 6.07) is 9.10. The Morgan fingerprint density at radius 2 is 1.94 bits per heavy atom. The minimum Gasteiger partial charge on any atom is -0.490 e. The van der Waals surface area contributed by atoms with Gasteiger partial charge in [-0.25, -0.2) is 14.5 Å². The number of carbonyl (C=O) groups is 4. The number of ether oxygens (including phenoxy) is 3. The Balaban J connectivity index is 1.84. The molecule has 0 spiro atoms. The quantitative estimate of drug-likeness (QED) is 0.200. The highest BCUT2D eigenvalue weighted by Gasteiger charge is 2.35. The summed E-state index contributed by atoms with van der Waals surface area (Å²) < 4.78 is 16.8. The first-order valence-corrected chi connectivity index (χ1v) is 11.1. The van der Waals surface area contributed by atoms with Crippen molar-refractivity contribution in [2.75, 3.05) is 20.3 Å². The van der Waals surface area contributed by atoms with Gasteiger partial charge >= 0.3 is 18.0 Å². The molecular formula is C23H21IN2O8. The first kappa shape index (κ1) is 25.0. The van der Waals surface area contributed by atoms with E-state index in [2.05, 4.69) is 32.6 Å². The SMILES string of the molecule is CCOc1cc(/C=C2/NC(=O)N(CC(=O)OC)C2=O)cc(I)c1OCc1cccc(C(=O)O)c1. The van der Waals surface area contributed by atoms with Gasteiger partial charge in [-0.3, -0.25) is 9.59 Å². The molecule has 1 aliphatic heterocycles. The number of hydrogen-bond donors (Lipinski definition) is 2. The van der Waals surface area contributed by atoms with E-state index in [0.29, 0.717) is 32.8 Å². The van der Waals surface area contributed by atoms with Crippen molar-refractivity contribution in [1.29, 1.82) is 0 Å². The molecule has 10 nitrogen and oxygen atoms in total. The molecule has 1 fully saturated rings. The van der Waals surface area contributed by atoms with Gasteiger partial charge in [-0.05, 0) is 71.0 Å². The number of halogens is 1. The number of esters is 1. The number of aromatic carboxylic acids is 1. The molecule has 2 N–H and O–H groups in total. The normalized spacial score (nSPS) is 14.2. The molecule has 0 aliphatic carbocycles. The Hall–Kier alpha value is -3.61. The monoisotopic (exact) mass is 580 g/mol. The van der Waals surface area contributed by atoms with E-state index >= 15 is 0 Å². The van der Waals surface area contributed by atoms with Crippen LogP contribution in [-0.2, 0) is 20.9 Å². The van der Waals surface area contributed by atoms with E-state index in [4.69, 9.17) is 14.6 Å². The van der Waals surface area contributed by atoms with Crippen LogP contribution in [0.5, 0.6) is 11.5 Å². The summed E-state index contributed by atoms with van der Waals surface area (Å²) in [6.45, 7) is 1.79. The van der Waals surface area contributed by atoms with Gasteiger partial charge in [0.05, 0.1) is 22.9 Å². The number of carbonyl (C=O) groups excluding carboxylic acids is 3. The van der Waals surface area contributed by atoms with Crippen LogP contribution in [0.1, 0.15) is 28.4 Å². The van der Waals surface area contributed by atoms with Crippen molar-refractivity contribution in [3.63, 3.8) is 0 Å². The largest absolute Gasteiger partial charge is 0.490 e. The van der Waals surface area contributed by atoms with E-state index in [0.717, 1.165) is 4.90 Å². The molecule has 0 radical (unpaired) electrons. The third-order valence-corrected chi connectivity index (χ3v) is 5.48. The fourth-order valence-electron chi connectivity index (χ4n) is 3.10. The van der Waals surface area contributed by atoms with E-state index in [9.17, 15) is 19.2 Å². The molecule has 0 unspecified atom stereocenters. The van der Waals surface area contributed by atoms with Crippen molar-refractivity contribution in [3.05, 3.63) is 62.4 Å². The van der Waals surface area contributed by atoms with Crippen LogP contribution in [0.25, 0.3) is 6.08 Å². The van der Waals surface area contributed by atoms with Crippen LogP contribution in [0.4, 0.5) is 4.79 Å². The molecule has 2 aromatic rings. The number of urea groups is 1. The molecule has 1 aliphatic rings. The molecule has 11 heteroatoms. The van der Waals surface area contributed by atoms with Gasteiger partial charge in [-0.1, -0.05) is 12.1 Å². The maximum atomic E-state index is 12.5. The highest BCUT2D eigenvalue weighted by molar-refractivity contribution is 14.1. The molecule has 3 amide bonds. The zero-order valence-corrected chi connectivity index (χ0v) is 20.5. The topological polar surface area (TPSA) is 131 Å². The van der Waals surface area contributed by atoms with Gasteiger partial charge < -0.3 is 24.6 Å². The maximum absolute atomic E-state index is 12.5. The Morgan fingerprint density at radius 1 is 1.18 bits per heavy atom. The van der Waals surface area contributed by atoms with E-state index in [1.165, 1.54) is 25.3 Å². The second-order valence-corrected chi connectivity index (χ2v) is 8.17. The molecule has 1 saturated heterocycles. The predicted molar refractivity (Wildman–Crippen MR) is 128 cm³/mol. The molecule has 0 atom stereocenters. The summed E-state index contributed by atoms with van der Waals surface area (Å²) in [4.78, 5) is 48.0. The summed E-state index contributed by atoms with van der Waals surface area (Å²) >= 11 is 2.06. The van der Waals surface area contributed by atoms with Gasteiger partial charge in [0.25, 0.3) is 5.91 Å². The number of nitrogens with one attached hydrogen (secondary N) is 1. The molecule has 178 valence electrons. The van der Waals surface area contributed by atoms with Crippen molar-refractivity contribution in [1.82, 2.24) is 10.2 Å². The molecule has 2 aromatic carbocycles. The van der Waals surface area contributed by atoms with Gasteiger partial charge in [0, 0.05) is 0 Å². The van der Waals surface area contributed by atoms with Crippen molar-refractivity contribution in [3.8, 4) is 11.5 Å². The maximum Gasteiger partial charge on any atom is 0.335 e. The third-order valence-electron chi connectivity index (χ3n) is 4.68. The minimum absolute atomic E-state index is 0.00584. The van der Waals surface area contributed by atoms with Crippen LogP contribution in [0.15, 0.2) is 42.1 Å². The minimum atomic E-state index is -1.03. The van der Waals surface area contributed by atoms with Gasteiger partial charge in [0.2, 0.25) is 0 Å². The fraction of sp³-hybridized carbons (Fsp3) is 0.217. The van der Waals surface area contributed by atoms with Crippen molar-refractivity contribution in [2.24, 2.45) is 0 Å². The van der Waals surface area contributed by atoms with E-state index in [-0.39, 0.29) is 17.9 Å². The number of methoxy groups -OCH3 is 1. The second kappa shape index (κ2) is 11.0. The fourth-order valence-corrected chi connectivity index (χ4v) is 3.88. The average Bonchev–Trinajstić information content (AvgIpc) is 3.06. The molecule has 0 saturated carbocycles. The number of amides is 3. The predicted octanol–water partition coefficient (Wildman–Crippen LogP) is 3.03. The number of carboxylic acid groups (broad SMARTS) is 1. The summed E-state index contributed by atoms with van der Waals surface area (Å²) in [5.41, 5.74) is 1.41. The third kappa shape index (κ3) is 5.84. The van der Waals surface area contributed by atoms with Gasteiger partial charge in [0.1, 0.15) is 18.8 Å². The van der Waals surface area contributed by atoms with Crippen LogP contribution in [-0.4, -0.2) is 54.1 Å². The lowest BCUT2D eigenvalue weighted by Crippen LogP contribution is -2.36. The number of carboxylic acids is 1. The summed E-state index contributed by atoms with van der Waals surface area (Å²) in [5.74, 6) is -1.52. The lowest BCUT2D eigenvalue weighted by molar-refractivity contribution is -0.143. The summed E-state index contributed by atoms with van der Waals surface area (Å²) in [7, 11) is 1.17. The number of imide groups is 1. The van der Waals surface area contributed by atoms with Gasteiger partial charge in [-0.2, -0.15) is 0 Å². The van der Waals surface area contributed by atoms with E-state index in [1.807, 2.05) is 6.92 Å². The number of benzene rings is 2. The average molecular weight is 580 g/mol. The lowest BCUT2D eigenvalue weighted by Gasteiger charge is -2.15. The molecule has 1 heterocycles. The number of nitrogens with zero attached hydrogens (tertiary/aromatic N) is 1. The van der Waals surface area contributed by atoms with Crippen LogP contribution in [0.2, 0.25) is 0 Å². The van der Waals surface area contributed by atoms with Gasteiger partial charge in [-0.15, -0.1) is 0 Å². The second-order valence-electron chi connectivity index (χ2n) is 7.01. The van der Waals surface area contributed by atoms with Crippen LogP contribution < -0.4 is 14.8 Å². The van der Waals surface area contributed by atoms with E-state index < -0.39 is 30.4 Å². The zero-order chi connectivity index (χ0) is 24.8. The van der Waals surface area contributed by atoms with Crippen molar-refractivity contribution in [2.45, 2.75) is 13.5 Å². The van der Waals surface area contributed by atoms with Crippen LogP contribution >= 0.6 is 22.6 Å². The van der Waals surface area contributed by atoms with Crippen LogP contribution in [0.3, 0.4) is 0 Å². The Bertz CT molecular complexity index is 1180. The molecule has 3 rings (SSSR count). The number of hydrogen-bond acceptors (Lipinski definition) is 7. The lowest BCUT2D eigenvalue weighted by atomic mass is 10.1. The van der Waals surface area contributed by atoms with Crippen molar-refractivity contribution >= 4 is 52.5 Å². The molecular weight excluding hydrogens is 559 g/mol. The highest BCUT2D eigenvalue weighted by Crippen LogP contribution is 2.35. The molecule has 0 bridgehead atoms. The first-order valence-electron chi connectivity index (χ1n) is 10.1. The Labute approximate surface area is 208 Å². The van der Waals surface area contributed by atoms with E-state index in [1.54, 1.807) is 24.3 Å². The highest BCUT2D eigenvalue weighted by atomic mass is 127. The van der Waals surface area contributed by atoms with Gasteiger partial charge in [0.15, 0.2) is 11.5 Å². The molecule has 0 aromatic heterocycles. The molecule has 34 heavy (non-hydrogen) atoms. The van der Waals surface area contributed by atoms with Crippen LogP contribution in [0, 0.1) is 3.57 Å². The smallest absolute Gasteiger partial charge is 0.335 e. The first-order chi connectivity index (χ1) is 16.2. The summed E-state index contributed by atoms with van der Waals surface area (Å²) in [6.07, 6.45) is 1.47. The number of rotatable bonds is 9. The Morgan fingerprint density at radius 3 is 2.62 bits per heavy atom. The standard InChI is InChI=1S/C23H21IN2O8/c1-3-33-18-10-14(9-17-21(28)26(23(31)25-17)11-19(27)32-2)8-16(24)20(18)34-12-13-5-4-6-15(7-13)22(29)30/h4-10H,3,11-12H2,1-2H3,(H,25,31)(H,29,30)/b17-9+. The Kier molecular flexibility index (Phi) is 8.10.